The van der Waals surface area contributed by atoms with Gasteiger partial charge >= 0.3 is 0 Å². The van der Waals surface area contributed by atoms with E-state index in [0.29, 0.717) is 13.0 Å². The number of hydrogen-bond donors (Lipinski definition) is 4. The fourth-order valence-electron chi connectivity index (χ4n) is 5.15. The Morgan fingerprint density at radius 1 is 1.12 bits per heavy atom. The standard InChI is InChI=1S/C24H29N5O2S/c1-32-18-10-7-15(8-11-18)14-25-23(30)17-9-12-19-20(13-17)29-22(26-24(19)31)21(27-28-29)16-5-3-2-4-6-16/h2-8,10-11,17,19-22,27-28H,9,12-14H2,1H3,(H,25,30)(H,26,31). The van der Waals surface area contributed by atoms with Crippen LogP contribution in [-0.2, 0) is 16.1 Å². The van der Waals surface area contributed by atoms with Crippen molar-refractivity contribution in [3.63, 3.8) is 0 Å². The van der Waals surface area contributed by atoms with E-state index in [1.165, 1.54) is 4.90 Å². The molecular formula is C24H29N5O2S. The highest BCUT2D eigenvalue weighted by molar-refractivity contribution is 7.98. The summed E-state index contributed by atoms with van der Waals surface area (Å²) in [7, 11) is 0. The van der Waals surface area contributed by atoms with Crippen LogP contribution in [0.25, 0.3) is 0 Å². The number of thioether (sulfide) groups is 1. The Bertz CT molecular complexity index is 970. The molecule has 7 nitrogen and oxygen atoms in total. The first-order valence-corrected chi connectivity index (χ1v) is 12.4. The number of hydrazine groups is 2. The smallest absolute Gasteiger partial charge is 0.226 e. The molecule has 0 aromatic heterocycles. The van der Waals surface area contributed by atoms with E-state index in [-0.39, 0.29) is 41.9 Å². The maximum Gasteiger partial charge on any atom is 0.226 e. The van der Waals surface area contributed by atoms with Crippen LogP contribution in [0, 0.1) is 11.8 Å². The maximum atomic E-state index is 13.0. The second kappa shape index (κ2) is 9.23. The molecule has 2 amide bonds. The molecule has 2 heterocycles. The van der Waals surface area contributed by atoms with Crippen molar-refractivity contribution in [2.24, 2.45) is 11.8 Å². The molecule has 0 radical (unpaired) electrons. The monoisotopic (exact) mass is 451 g/mol. The molecule has 32 heavy (non-hydrogen) atoms. The van der Waals surface area contributed by atoms with E-state index in [1.54, 1.807) is 11.8 Å². The number of nitrogens with one attached hydrogen (secondary N) is 4. The fraction of sp³-hybridized carbons (Fsp3) is 0.417. The number of carbonyl (C=O) groups is 2. The summed E-state index contributed by atoms with van der Waals surface area (Å²) in [4.78, 5) is 27.1. The predicted octanol–water partition coefficient (Wildman–Crippen LogP) is 2.33. The Balaban J connectivity index is 1.24. The zero-order chi connectivity index (χ0) is 22.1. The van der Waals surface area contributed by atoms with Crippen LogP contribution in [0.5, 0.6) is 0 Å². The minimum Gasteiger partial charge on any atom is -0.352 e. The third-order valence-electron chi connectivity index (χ3n) is 6.92. The average Bonchev–Trinajstić information content (AvgIpc) is 3.27. The number of nitrogens with zero attached hydrogens (tertiary/aromatic N) is 1. The molecule has 0 spiro atoms. The normalized spacial score (nSPS) is 29.7. The molecule has 4 N–H and O–H groups in total. The van der Waals surface area contributed by atoms with Gasteiger partial charge in [-0.1, -0.05) is 42.5 Å². The molecule has 3 aliphatic rings. The molecule has 1 aliphatic carbocycles. The minimum atomic E-state index is -0.178. The first-order chi connectivity index (χ1) is 15.6. The van der Waals surface area contributed by atoms with Crippen molar-refractivity contribution < 1.29 is 9.59 Å². The molecule has 0 bridgehead atoms. The van der Waals surface area contributed by atoms with E-state index >= 15 is 0 Å². The molecule has 5 unspecified atom stereocenters. The zero-order valence-electron chi connectivity index (χ0n) is 18.1. The highest BCUT2D eigenvalue weighted by Gasteiger charge is 2.51. The number of fused-ring (bicyclic) bond motifs is 3. The predicted molar refractivity (Wildman–Crippen MR) is 124 cm³/mol. The van der Waals surface area contributed by atoms with Crippen LogP contribution in [0.2, 0.25) is 0 Å². The van der Waals surface area contributed by atoms with Crippen molar-refractivity contribution in [1.29, 1.82) is 0 Å². The Labute approximate surface area is 192 Å². The van der Waals surface area contributed by atoms with Crippen molar-refractivity contribution in [2.75, 3.05) is 6.26 Å². The maximum absolute atomic E-state index is 13.0. The lowest BCUT2D eigenvalue weighted by Crippen LogP contribution is -2.65. The molecule has 1 saturated carbocycles. The fourth-order valence-corrected chi connectivity index (χ4v) is 5.56. The van der Waals surface area contributed by atoms with Gasteiger partial charge in [0.1, 0.15) is 6.17 Å². The summed E-state index contributed by atoms with van der Waals surface area (Å²) in [5.41, 5.74) is 8.83. The van der Waals surface area contributed by atoms with Gasteiger partial charge in [0.25, 0.3) is 0 Å². The average molecular weight is 452 g/mol. The third-order valence-corrected chi connectivity index (χ3v) is 7.66. The summed E-state index contributed by atoms with van der Waals surface area (Å²) in [6.07, 6.45) is 4.00. The Kier molecular flexibility index (Phi) is 6.19. The first-order valence-electron chi connectivity index (χ1n) is 11.2. The Hall–Kier alpha value is -2.39. The molecule has 168 valence electrons. The summed E-state index contributed by atoms with van der Waals surface area (Å²) in [5.74, 6) is -0.0221. The highest BCUT2D eigenvalue weighted by atomic mass is 32.2. The van der Waals surface area contributed by atoms with Gasteiger partial charge in [0.05, 0.1) is 12.0 Å². The van der Waals surface area contributed by atoms with Crippen LogP contribution in [0.15, 0.2) is 59.5 Å². The zero-order valence-corrected chi connectivity index (χ0v) is 18.9. The van der Waals surface area contributed by atoms with Gasteiger partial charge < -0.3 is 10.6 Å². The van der Waals surface area contributed by atoms with Gasteiger partial charge in [-0.15, -0.1) is 11.8 Å². The SMILES string of the molecule is CSc1ccc(CNC(=O)C2CCC3C(=O)NC4C(c5ccccc5)NNN4C3C2)cc1. The number of benzene rings is 2. The molecule has 8 heteroatoms. The van der Waals surface area contributed by atoms with E-state index < -0.39 is 0 Å². The van der Waals surface area contributed by atoms with Crippen molar-refractivity contribution >= 4 is 23.6 Å². The summed E-state index contributed by atoms with van der Waals surface area (Å²) < 4.78 is 0. The number of amides is 2. The van der Waals surface area contributed by atoms with Crippen LogP contribution < -0.4 is 21.6 Å². The molecule has 2 aliphatic heterocycles. The number of hydrogen-bond acceptors (Lipinski definition) is 6. The molecule has 5 rings (SSSR count). The summed E-state index contributed by atoms with van der Waals surface area (Å²) in [6, 6.07) is 18.3. The summed E-state index contributed by atoms with van der Waals surface area (Å²) >= 11 is 1.71. The highest BCUT2D eigenvalue weighted by Crippen LogP contribution is 2.38. The minimum absolute atomic E-state index is 0.0136. The van der Waals surface area contributed by atoms with Gasteiger partial charge in [-0.2, -0.15) is 5.53 Å². The third kappa shape index (κ3) is 4.15. The van der Waals surface area contributed by atoms with Crippen molar-refractivity contribution in [2.45, 2.75) is 49.0 Å². The molecular weight excluding hydrogens is 422 g/mol. The van der Waals surface area contributed by atoms with E-state index in [1.807, 2.05) is 18.2 Å². The van der Waals surface area contributed by atoms with Gasteiger partial charge in [0.15, 0.2) is 0 Å². The van der Waals surface area contributed by atoms with Crippen LogP contribution in [0.1, 0.15) is 36.4 Å². The largest absolute Gasteiger partial charge is 0.352 e. The van der Waals surface area contributed by atoms with Crippen molar-refractivity contribution in [3.05, 3.63) is 65.7 Å². The molecule has 2 saturated heterocycles. The van der Waals surface area contributed by atoms with Gasteiger partial charge in [-0.3, -0.25) is 9.59 Å². The van der Waals surface area contributed by atoms with Crippen LogP contribution in [0.3, 0.4) is 0 Å². The van der Waals surface area contributed by atoms with E-state index in [4.69, 9.17) is 0 Å². The lowest BCUT2D eigenvalue weighted by molar-refractivity contribution is -0.143. The van der Waals surface area contributed by atoms with E-state index in [0.717, 1.165) is 24.0 Å². The van der Waals surface area contributed by atoms with Gasteiger partial charge in [-0.05, 0) is 48.8 Å². The molecule has 3 fully saturated rings. The van der Waals surface area contributed by atoms with Gasteiger partial charge in [0, 0.05) is 23.4 Å². The molecule has 5 atom stereocenters. The van der Waals surface area contributed by atoms with Crippen molar-refractivity contribution in [3.8, 4) is 0 Å². The van der Waals surface area contributed by atoms with Crippen LogP contribution >= 0.6 is 11.8 Å². The Morgan fingerprint density at radius 3 is 2.66 bits per heavy atom. The van der Waals surface area contributed by atoms with Gasteiger partial charge in [-0.25, -0.2) is 10.4 Å². The van der Waals surface area contributed by atoms with Crippen molar-refractivity contribution in [1.82, 2.24) is 26.6 Å². The Morgan fingerprint density at radius 2 is 1.91 bits per heavy atom. The quantitative estimate of drug-likeness (QED) is 0.522. The number of carbonyl (C=O) groups excluding carboxylic acids is 2. The summed E-state index contributed by atoms with van der Waals surface area (Å²) in [5, 5.41) is 8.41. The second-order valence-electron chi connectivity index (χ2n) is 8.75. The first kappa shape index (κ1) is 21.5. The van der Waals surface area contributed by atoms with Crippen LogP contribution in [-0.4, -0.2) is 35.3 Å². The van der Waals surface area contributed by atoms with Gasteiger partial charge in [0.2, 0.25) is 11.8 Å². The second-order valence-corrected chi connectivity index (χ2v) is 9.63. The lowest BCUT2D eigenvalue weighted by Gasteiger charge is -2.46. The summed E-state index contributed by atoms with van der Waals surface area (Å²) in [6.45, 7) is 0.529. The molecule has 2 aromatic rings. The topological polar surface area (TPSA) is 85.5 Å². The molecule has 2 aromatic carbocycles. The van der Waals surface area contributed by atoms with E-state index in [2.05, 4.69) is 69.3 Å². The number of rotatable bonds is 5. The van der Waals surface area contributed by atoms with E-state index in [9.17, 15) is 9.59 Å². The lowest BCUT2D eigenvalue weighted by atomic mass is 9.75. The van der Waals surface area contributed by atoms with Crippen LogP contribution in [0.4, 0.5) is 0 Å².